The molecule has 0 spiro atoms. The average Bonchev–Trinajstić information content (AvgIpc) is 2.77. The lowest BCUT2D eigenvalue weighted by molar-refractivity contribution is 0.0761. The van der Waals surface area contributed by atoms with Crippen molar-refractivity contribution in [1.82, 2.24) is 10.2 Å². The summed E-state index contributed by atoms with van der Waals surface area (Å²) in [4.78, 5) is 26.7. The molecule has 0 saturated carbocycles. The molecule has 1 N–H and O–H groups in total. The van der Waals surface area contributed by atoms with Crippen LogP contribution in [-0.4, -0.2) is 37.0 Å². The Balaban J connectivity index is 0.00000192. The molecule has 2 aromatic rings. The van der Waals surface area contributed by atoms with Crippen LogP contribution in [0.25, 0.3) is 11.0 Å². The van der Waals surface area contributed by atoms with Crippen LogP contribution in [0.4, 0.5) is 0 Å². The molecule has 1 saturated heterocycles. The zero-order valence-corrected chi connectivity index (χ0v) is 15.1. The van der Waals surface area contributed by atoms with Gasteiger partial charge in [0.05, 0.1) is 0 Å². The Bertz CT molecular complexity index is 783. The molecular formula is C16H18BrClN2O3. The number of rotatable bonds is 1. The van der Waals surface area contributed by atoms with E-state index in [4.69, 9.17) is 4.42 Å². The van der Waals surface area contributed by atoms with Gasteiger partial charge in [-0.05, 0) is 43.7 Å². The number of fused-ring (bicyclic) bond motifs is 1. The molecule has 1 aliphatic heterocycles. The van der Waals surface area contributed by atoms with Gasteiger partial charge in [-0.1, -0.05) is 15.9 Å². The number of hydrogen-bond acceptors (Lipinski definition) is 4. The molecule has 3 rings (SSSR count). The molecule has 0 aliphatic carbocycles. The van der Waals surface area contributed by atoms with Gasteiger partial charge < -0.3 is 14.6 Å². The monoisotopic (exact) mass is 400 g/mol. The molecule has 5 nitrogen and oxygen atoms in total. The first-order valence-electron chi connectivity index (χ1n) is 7.31. The van der Waals surface area contributed by atoms with Gasteiger partial charge in [0.1, 0.15) is 11.1 Å². The SMILES string of the molecule is Cc1c(C(=O)N2CCCNCC2)c(=O)oc2ccc(Br)cc12.Cl. The van der Waals surface area contributed by atoms with Crippen molar-refractivity contribution >= 4 is 45.2 Å². The van der Waals surface area contributed by atoms with Gasteiger partial charge in [0.15, 0.2) is 0 Å². The number of carbonyl (C=O) groups excluding carboxylic acids is 1. The van der Waals surface area contributed by atoms with Gasteiger partial charge in [0, 0.05) is 29.5 Å². The van der Waals surface area contributed by atoms with Gasteiger partial charge in [-0.25, -0.2) is 4.79 Å². The van der Waals surface area contributed by atoms with E-state index in [-0.39, 0.29) is 23.9 Å². The fourth-order valence-electron chi connectivity index (χ4n) is 2.78. The molecule has 23 heavy (non-hydrogen) atoms. The quantitative estimate of drug-likeness (QED) is 0.746. The van der Waals surface area contributed by atoms with Crippen LogP contribution in [0, 0.1) is 6.92 Å². The van der Waals surface area contributed by atoms with Crippen molar-refractivity contribution in [3.63, 3.8) is 0 Å². The van der Waals surface area contributed by atoms with Crippen molar-refractivity contribution in [2.45, 2.75) is 13.3 Å². The summed E-state index contributed by atoms with van der Waals surface area (Å²) in [5.41, 5.74) is 0.761. The number of carbonyl (C=O) groups is 1. The van der Waals surface area contributed by atoms with Crippen LogP contribution in [0.2, 0.25) is 0 Å². The minimum Gasteiger partial charge on any atom is -0.422 e. The lowest BCUT2D eigenvalue weighted by Crippen LogP contribution is -2.37. The van der Waals surface area contributed by atoms with Crippen LogP contribution in [-0.2, 0) is 0 Å². The fourth-order valence-corrected chi connectivity index (χ4v) is 3.14. The highest BCUT2D eigenvalue weighted by Gasteiger charge is 2.24. The molecule has 1 aromatic heterocycles. The summed E-state index contributed by atoms with van der Waals surface area (Å²) in [6, 6.07) is 5.42. The van der Waals surface area contributed by atoms with Crippen molar-refractivity contribution in [1.29, 1.82) is 0 Å². The van der Waals surface area contributed by atoms with E-state index < -0.39 is 5.63 Å². The number of nitrogens with zero attached hydrogens (tertiary/aromatic N) is 1. The van der Waals surface area contributed by atoms with Crippen LogP contribution in [0.15, 0.2) is 31.9 Å². The lowest BCUT2D eigenvalue weighted by Gasteiger charge is -2.20. The summed E-state index contributed by atoms with van der Waals surface area (Å²) < 4.78 is 6.22. The Morgan fingerprint density at radius 2 is 2.09 bits per heavy atom. The Hall–Kier alpha value is -1.37. The van der Waals surface area contributed by atoms with Crippen molar-refractivity contribution in [2.24, 2.45) is 0 Å². The summed E-state index contributed by atoms with van der Waals surface area (Å²) in [5, 5.41) is 4.03. The third-order valence-corrected chi connectivity index (χ3v) is 4.46. The molecule has 1 aromatic carbocycles. The smallest absolute Gasteiger partial charge is 0.349 e. The Morgan fingerprint density at radius 1 is 1.30 bits per heavy atom. The first-order chi connectivity index (χ1) is 10.6. The predicted molar refractivity (Wildman–Crippen MR) is 95.6 cm³/mol. The van der Waals surface area contributed by atoms with Crippen LogP contribution in [0.5, 0.6) is 0 Å². The number of aryl methyl sites for hydroxylation is 1. The van der Waals surface area contributed by atoms with Gasteiger partial charge >= 0.3 is 5.63 Å². The minimum atomic E-state index is -0.561. The first-order valence-corrected chi connectivity index (χ1v) is 8.10. The molecule has 1 fully saturated rings. The second-order valence-corrected chi connectivity index (χ2v) is 6.34. The van der Waals surface area contributed by atoms with Crippen LogP contribution < -0.4 is 10.9 Å². The molecular weight excluding hydrogens is 384 g/mol. The maximum Gasteiger partial charge on any atom is 0.349 e. The van der Waals surface area contributed by atoms with E-state index >= 15 is 0 Å². The lowest BCUT2D eigenvalue weighted by atomic mass is 10.0. The maximum atomic E-state index is 12.7. The van der Waals surface area contributed by atoms with Gasteiger partial charge in [-0.2, -0.15) is 0 Å². The number of nitrogens with one attached hydrogen (secondary N) is 1. The second kappa shape index (κ2) is 7.47. The second-order valence-electron chi connectivity index (χ2n) is 5.43. The van der Waals surface area contributed by atoms with E-state index in [0.717, 1.165) is 29.4 Å². The zero-order valence-electron chi connectivity index (χ0n) is 12.7. The number of amides is 1. The van der Waals surface area contributed by atoms with Crippen LogP contribution in [0.3, 0.4) is 0 Å². The summed E-state index contributed by atoms with van der Waals surface area (Å²) >= 11 is 3.41. The van der Waals surface area contributed by atoms with Gasteiger partial charge in [-0.15, -0.1) is 12.4 Å². The highest BCUT2D eigenvalue weighted by atomic mass is 79.9. The Kier molecular flexibility index (Phi) is 5.84. The van der Waals surface area contributed by atoms with E-state index in [2.05, 4.69) is 21.2 Å². The van der Waals surface area contributed by atoms with E-state index in [1.165, 1.54) is 0 Å². The van der Waals surface area contributed by atoms with Gasteiger partial charge in [-0.3, -0.25) is 4.79 Å². The highest BCUT2D eigenvalue weighted by Crippen LogP contribution is 2.24. The number of halogens is 2. The van der Waals surface area contributed by atoms with E-state index in [0.29, 0.717) is 24.2 Å². The summed E-state index contributed by atoms with van der Waals surface area (Å²) in [6.45, 7) is 4.70. The Morgan fingerprint density at radius 3 is 2.87 bits per heavy atom. The Labute approximate surface area is 148 Å². The standard InChI is InChI=1S/C16H17BrN2O3.ClH/c1-10-12-9-11(17)3-4-13(12)22-16(21)14(10)15(20)19-7-2-5-18-6-8-19;/h3-4,9,18H,2,5-8H2,1H3;1H. The molecule has 1 amide bonds. The third kappa shape index (κ3) is 3.59. The molecule has 2 heterocycles. The molecule has 0 atom stereocenters. The van der Waals surface area contributed by atoms with Crippen molar-refractivity contribution in [2.75, 3.05) is 26.2 Å². The van der Waals surface area contributed by atoms with Crippen LogP contribution >= 0.6 is 28.3 Å². The summed E-state index contributed by atoms with van der Waals surface area (Å²) in [5.74, 6) is -0.239. The van der Waals surface area contributed by atoms with Gasteiger partial charge in [0.2, 0.25) is 0 Å². The molecule has 7 heteroatoms. The third-order valence-electron chi connectivity index (χ3n) is 3.97. The number of benzene rings is 1. The molecule has 0 bridgehead atoms. The summed E-state index contributed by atoms with van der Waals surface area (Å²) in [7, 11) is 0. The minimum absolute atomic E-state index is 0. The largest absolute Gasteiger partial charge is 0.422 e. The van der Waals surface area contributed by atoms with E-state index in [9.17, 15) is 9.59 Å². The molecule has 1 aliphatic rings. The van der Waals surface area contributed by atoms with Crippen molar-refractivity contribution in [3.8, 4) is 0 Å². The van der Waals surface area contributed by atoms with Crippen LogP contribution in [0.1, 0.15) is 22.3 Å². The van der Waals surface area contributed by atoms with Gasteiger partial charge in [0.25, 0.3) is 5.91 Å². The molecule has 0 radical (unpaired) electrons. The fraction of sp³-hybridized carbons (Fsp3) is 0.375. The topological polar surface area (TPSA) is 62.6 Å². The molecule has 0 unspecified atom stereocenters. The molecule has 124 valence electrons. The predicted octanol–water partition coefficient (Wildman–Crippen LogP) is 2.72. The first kappa shape index (κ1) is 18.0. The van der Waals surface area contributed by atoms with Crippen molar-refractivity contribution < 1.29 is 9.21 Å². The normalized spacial score (nSPS) is 15.1. The van der Waals surface area contributed by atoms with Crippen molar-refractivity contribution in [3.05, 3.63) is 44.2 Å². The highest BCUT2D eigenvalue weighted by molar-refractivity contribution is 9.10. The van der Waals surface area contributed by atoms with E-state index in [1.54, 1.807) is 17.9 Å². The number of hydrogen-bond donors (Lipinski definition) is 1. The zero-order chi connectivity index (χ0) is 15.7. The average molecular weight is 402 g/mol. The summed E-state index contributed by atoms with van der Waals surface area (Å²) in [6.07, 6.45) is 0.884. The van der Waals surface area contributed by atoms with E-state index in [1.807, 2.05) is 12.1 Å². The maximum absolute atomic E-state index is 12.7.